The quantitative estimate of drug-likeness (QED) is 0.684. The van der Waals surface area contributed by atoms with E-state index in [4.69, 9.17) is 0 Å². The highest BCUT2D eigenvalue weighted by Crippen LogP contribution is 2.25. The third-order valence-electron chi connectivity index (χ3n) is 3.90. The van der Waals surface area contributed by atoms with Crippen LogP contribution in [0.1, 0.15) is 36.0 Å². The van der Waals surface area contributed by atoms with E-state index in [1.807, 2.05) is 0 Å². The number of amides is 1. The van der Waals surface area contributed by atoms with Crippen LogP contribution in [-0.4, -0.2) is 40.0 Å². The van der Waals surface area contributed by atoms with E-state index in [1.165, 1.54) is 11.9 Å². The van der Waals surface area contributed by atoms with Crippen LogP contribution in [-0.2, 0) is 0 Å². The number of rotatable bonds is 3. The Bertz CT molecular complexity index is 564. The number of carbonyl (C=O) groups excluding carboxylic acids is 1. The first-order chi connectivity index (χ1) is 9.91. The summed E-state index contributed by atoms with van der Waals surface area (Å²) in [6, 6.07) is 2.48. The van der Waals surface area contributed by atoms with Crippen molar-refractivity contribution in [1.29, 1.82) is 0 Å². The van der Waals surface area contributed by atoms with Gasteiger partial charge in [0.15, 0.2) is 0 Å². The summed E-state index contributed by atoms with van der Waals surface area (Å²) in [6.07, 6.45) is 2.37. The number of nitrogens with zero attached hydrogens (tertiary/aromatic N) is 2. The standard InChI is InChI=1S/C14H17FN2O4/c1-16(12-4-2-3-5-13(12)18)14(19)10-8-9(17(20)21)6-7-11(10)15/h6-8,12-13,18H,2-5H2,1H3. The lowest BCUT2D eigenvalue weighted by atomic mass is 9.91. The van der Waals surface area contributed by atoms with Crippen LogP contribution >= 0.6 is 0 Å². The van der Waals surface area contributed by atoms with Crippen molar-refractivity contribution in [3.8, 4) is 0 Å². The number of halogens is 1. The second kappa shape index (κ2) is 6.17. The summed E-state index contributed by atoms with van der Waals surface area (Å²) < 4.78 is 13.8. The number of carbonyl (C=O) groups is 1. The predicted octanol–water partition coefficient (Wildman–Crippen LogP) is 2.11. The number of non-ortho nitro benzene ring substituents is 1. The van der Waals surface area contributed by atoms with Crippen LogP contribution in [0.5, 0.6) is 0 Å². The lowest BCUT2D eigenvalue weighted by Gasteiger charge is -2.35. The van der Waals surface area contributed by atoms with Gasteiger partial charge in [-0.15, -0.1) is 0 Å². The number of nitro groups is 1. The van der Waals surface area contributed by atoms with Crippen LogP contribution in [0, 0.1) is 15.9 Å². The fourth-order valence-electron chi connectivity index (χ4n) is 2.67. The number of nitro benzene ring substituents is 1. The van der Waals surface area contributed by atoms with Gasteiger partial charge in [-0.25, -0.2) is 4.39 Å². The molecule has 0 spiro atoms. The zero-order chi connectivity index (χ0) is 15.6. The molecule has 0 radical (unpaired) electrons. The number of hydrogen-bond acceptors (Lipinski definition) is 4. The summed E-state index contributed by atoms with van der Waals surface area (Å²) in [5, 5.41) is 20.7. The highest BCUT2D eigenvalue weighted by Gasteiger charge is 2.31. The Balaban J connectivity index is 2.26. The molecule has 0 heterocycles. The maximum Gasteiger partial charge on any atom is 0.270 e. The zero-order valence-corrected chi connectivity index (χ0v) is 11.7. The van der Waals surface area contributed by atoms with Gasteiger partial charge in [0.05, 0.1) is 22.6 Å². The maximum absolute atomic E-state index is 13.8. The summed E-state index contributed by atoms with van der Waals surface area (Å²) in [6.45, 7) is 0. The van der Waals surface area contributed by atoms with Crippen molar-refractivity contribution < 1.29 is 19.2 Å². The molecule has 1 amide bonds. The fourth-order valence-corrected chi connectivity index (χ4v) is 2.67. The first-order valence-corrected chi connectivity index (χ1v) is 6.81. The smallest absolute Gasteiger partial charge is 0.270 e. The molecular weight excluding hydrogens is 279 g/mol. The highest BCUT2D eigenvalue weighted by atomic mass is 19.1. The Morgan fingerprint density at radius 1 is 1.43 bits per heavy atom. The van der Waals surface area contributed by atoms with Gasteiger partial charge in [-0.05, 0) is 18.9 Å². The topological polar surface area (TPSA) is 83.7 Å². The highest BCUT2D eigenvalue weighted by molar-refractivity contribution is 5.95. The summed E-state index contributed by atoms with van der Waals surface area (Å²) in [5.74, 6) is -1.45. The second-order valence-corrected chi connectivity index (χ2v) is 5.26. The SMILES string of the molecule is CN(C(=O)c1cc([N+](=O)[O-])ccc1F)C1CCCCC1O. The minimum atomic E-state index is -0.803. The van der Waals surface area contributed by atoms with E-state index >= 15 is 0 Å². The summed E-state index contributed by atoms with van der Waals surface area (Å²) in [4.78, 5) is 23.7. The number of likely N-dealkylation sites (N-methyl/N-ethyl adjacent to an activating group) is 1. The average molecular weight is 296 g/mol. The van der Waals surface area contributed by atoms with Gasteiger partial charge in [0, 0.05) is 19.2 Å². The summed E-state index contributed by atoms with van der Waals surface area (Å²) >= 11 is 0. The first-order valence-electron chi connectivity index (χ1n) is 6.81. The molecule has 6 nitrogen and oxygen atoms in total. The van der Waals surface area contributed by atoms with E-state index in [0.717, 1.165) is 31.0 Å². The number of hydrogen-bond donors (Lipinski definition) is 1. The molecule has 0 aromatic heterocycles. The third kappa shape index (κ3) is 3.18. The van der Waals surface area contributed by atoms with Gasteiger partial charge in [0.25, 0.3) is 11.6 Å². The van der Waals surface area contributed by atoms with Gasteiger partial charge in [0.1, 0.15) is 5.82 Å². The summed E-state index contributed by atoms with van der Waals surface area (Å²) in [7, 11) is 1.49. The van der Waals surface area contributed by atoms with Crippen molar-refractivity contribution in [3.63, 3.8) is 0 Å². The molecule has 1 N–H and O–H groups in total. The van der Waals surface area contributed by atoms with E-state index in [1.54, 1.807) is 0 Å². The van der Waals surface area contributed by atoms with E-state index in [9.17, 15) is 24.4 Å². The fraction of sp³-hybridized carbons (Fsp3) is 0.500. The molecule has 7 heteroatoms. The lowest BCUT2D eigenvalue weighted by Crippen LogP contribution is -2.46. The van der Waals surface area contributed by atoms with Crippen LogP contribution in [0.25, 0.3) is 0 Å². The Morgan fingerprint density at radius 3 is 2.71 bits per heavy atom. The van der Waals surface area contributed by atoms with Gasteiger partial charge in [-0.1, -0.05) is 12.8 Å². The van der Waals surface area contributed by atoms with Crippen molar-refractivity contribution in [1.82, 2.24) is 4.90 Å². The largest absolute Gasteiger partial charge is 0.391 e. The van der Waals surface area contributed by atoms with Crippen LogP contribution in [0.2, 0.25) is 0 Å². The minimum absolute atomic E-state index is 0.336. The predicted molar refractivity (Wildman–Crippen MR) is 73.4 cm³/mol. The second-order valence-electron chi connectivity index (χ2n) is 5.26. The molecule has 1 aromatic rings. The first kappa shape index (κ1) is 15.4. The van der Waals surface area contributed by atoms with Gasteiger partial charge in [0.2, 0.25) is 0 Å². The zero-order valence-electron chi connectivity index (χ0n) is 11.7. The molecule has 1 fully saturated rings. The number of benzene rings is 1. The van der Waals surface area contributed by atoms with Crippen molar-refractivity contribution >= 4 is 11.6 Å². The molecule has 2 rings (SSSR count). The molecule has 1 saturated carbocycles. The summed E-state index contributed by atoms with van der Waals surface area (Å²) in [5.41, 5.74) is -0.679. The Morgan fingerprint density at radius 2 is 2.10 bits per heavy atom. The molecule has 1 aliphatic rings. The monoisotopic (exact) mass is 296 g/mol. The number of aliphatic hydroxyl groups is 1. The molecule has 2 atom stereocenters. The Kier molecular flexibility index (Phi) is 4.52. The molecule has 21 heavy (non-hydrogen) atoms. The molecule has 0 saturated heterocycles. The minimum Gasteiger partial charge on any atom is -0.391 e. The van der Waals surface area contributed by atoms with E-state index in [0.29, 0.717) is 12.8 Å². The normalized spacial score (nSPS) is 21.9. The van der Waals surface area contributed by atoms with Crippen molar-refractivity contribution in [2.24, 2.45) is 0 Å². The molecule has 1 aromatic carbocycles. The van der Waals surface area contributed by atoms with E-state index in [-0.39, 0.29) is 17.3 Å². The van der Waals surface area contributed by atoms with Crippen molar-refractivity contribution in [3.05, 3.63) is 39.7 Å². The molecule has 0 bridgehead atoms. The van der Waals surface area contributed by atoms with Gasteiger partial charge in [-0.3, -0.25) is 14.9 Å². The third-order valence-corrected chi connectivity index (χ3v) is 3.90. The number of aliphatic hydroxyl groups excluding tert-OH is 1. The maximum atomic E-state index is 13.8. The molecule has 114 valence electrons. The van der Waals surface area contributed by atoms with Crippen molar-refractivity contribution in [2.75, 3.05) is 7.05 Å². The van der Waals surface area contributed by atoms with Crippen LogP contribution < -0.4 is 0 Å². The molecule has 1 aliphatic carbocycles. The Labute approximate surface area is 121 Å². The van der Waals surface area contributed by atoms with Gasteiger partial charge >= 0.3 is 0 Å². The average Bonchev–Trinajstić information content (AvgIpc) is 2.46. The van der Waals surface area contributed by atoms with Crippen molar-refractivity contribution in [2.45, 2.75) is 37.8 Å². The van der Waals surface area contributed by atoms with Crippen LogP contribution in [0.15, 0.2) is 18.2 Å². The molecular formula is C14H17FN2O4. The van der Waals surface area contributed by atoms with Gasteiger partial charge < -0.3 is 10.0 Å². The van der Waals surface area contributed by atoms with Crippen LogP contribution in [0.3, 0.4) is 0 Å². The Hall–Kier alpha value is -2.02. The molecule has 2 unspecified atom stereocenters. The van der Waals surface area contributed by atoms with Gasteiger partial charge in [-0.2, -0.15) is 0 Å². The molecule has 0 aliphatic heterocycles. The van der Waals surface area contributed by atoms with E-state index < -0.39 is 22.8 Å². The lowest BCUT2D eigenvalue weighted by molar-refractivity contribution is -0.384. The van der Waals surface area contributed by atoms with Crippen LogP contribution in [0.4, 0.5) is 10.1 Å². The van der Waals surface area contributed by atoms with E-state index in [2.05, 4.69) is 0 Å².